The average molecular weight is 311 g/mol. The highest BCUT2D eigenvalue weighted by Crippen LogP contribution is 2.25. The van der Waals surface area contributed by atoms with Crippen LogP contribution < -0.4 is 0 Å². The van der Waals surface area contributed by atoms with Gasteiger partial charge in [-0.05, 0) is 32.6 Å². The largest absolute Gasteiger partial charge is 0.462 e. The predicted molar refractivity (Wildman–Crippen MR) is 94.0 cm³/mol. The number of carbonyl (C=O) groups excluding carboxylic acids is 1. The molecule has 0 aliphatic heterocycles. The normalized spacial score (nSPS) is 17.4. The van der Waals surface area contributed by atoms with Crippen molar-refractivity contribution in [2.75, 3.05) is 0 Å². The molecule has 0 aromatic carbocycles. The first-order valence-electron chi connectivity index (χ1n) is 9.94. The highest BCUT2D eigenvalue weighted by molar-refractivity contribution is 5.72. The van der Waals surface area contributed by atoms with Crippen LogP contribution in [0.15, 0.2) is 0 Å². The van der Waals surface area contributed by atoms with Gasteiger partial charge in [0.05, 0.1) is 12.0 Å². The molecule has 0 bridgehead atoms. The van der Waals surface area contributed by atoms with E-state index in [2.05, 4.69) is 13.8 Å². The SMILES string of the molecule is CCCCCCCCCCCC(C)OC(=O)C1CCCCC1. The van der Waals surface area contributed by atoms with Crippen LogP contribution in [0.4, 0.5) is 0 Å². The molecule has 2 heteroatoms. The summed E-state index contributed by atoms with van der Waals surface area (Å²) in [4.78, 5) is 12.0. The summed E-state index contributed by atoms with van der Waals surface area (Å²) in [5.41, 5.74) is 0. The van der Waals surface area contributed by atoms with Gasteiger partial charge >= 0.3 is 5.97 Å². The Morgan fingerprint density at radius 3 is 2.05 bits per heavy atom. The molecule has 22 heavy (non-hydrogen) atoms. The fourth-order valence-corrected chi connectivity index (χ4v) is 3.43. The molecule has 0 heterocycles. The van der Waals surface area contributed by atoms with E-state index in [4.69, 9.17) is 4.74 Å². The van der Waals surface area contributed by atoms with E-state index in [-0.39, 0.29) is 18.0 Å². The molecule has 1 unspecified atom stereocenters. The predicted octanol–water partition coefficient (Wildman–Crippen LogP) is 6.42. The van der Waals surface area contributed by atoms with E-state index in [0.717, 1.165) is 19.3 Å². The molecule has 1 atom stereocenters. The Balaban J connectivity index is 1.92. The lowest BCUT2D eigenvalue weighted by molar-refractivity contribution is -0.154. The van der Waals surface area contributed by atoms with Crippen molar-refractivity contribution >= 4 is 5.97 Å². The van der Waals surface area contributed by atoms with E-state index in [1.165, 1.54) is 77.0 Å². The molecule has 0 aromatic rings. The molecule has 0 spiro atoms. The Morgan fingerprint density at radius 1 is 0.909 bits per heavy atom. The van der Waals surface area contributed by atoms with Crippen molar-refractivity contribution in [3.63, 3.8) is 0 Å². The number of hydrogen-bond acceptors (Lipinski definition) is 2. The molecule has 130 valence electrons. The lowest BCUT2D eigenvalue weighted by Crippen LogP contribution is -2.24. The number of unbranched alkanes of at least 4 members (excludes halogenated alkanes) is 8. The lowest BCUT2D eigenvalue weighted by atomic mass is 9.89. The van der Waals surface area contributed by atoms with Gasteiger partial charge in [-0.3, -0.25) is 4.79 Å². The Morgan fingerprint density at radius 2 is 1.45 bits per heavy atom. The fourth-order valence-electron chi connectivity index (χ4n) is 3.43. The van der Waals surface area contributed by atoms with Gasteiger partial charge in [-0.2, -0.15) is 0 Å². The summed E-state index contributed by atoms with van der Waals surface area (Å²) >= 11 is 0. The van der Waals surface area contributed by atoms with E-state index in [1.54, 1.807) is 0 Å². The van der Waals surface area contributed by atoms with Crippen molar-refractivity contribution < 1.29 is 9.53 Å². The third-order valence-corrected chi connectivity index (χ3v) is 4.97. The second kappa shape index (κ2) is 13.0. The Hall–Kier alpha value is -0.530. The van der Waals surface area contributed by atoms with Gasteiger partial charge in [0.15, 0.2) is 0 Å². The molecule has 0 amide bonds. The van der Waals surface area contributed by atoms with Crippen LogP contribution in [0, 0.1) is 5.92 Å². The molecule has 1 aliphatic carbocycles. The molecular formula is C20H38O2. The maximum Gasteiger partial charge on any atom is 0.309 e. The van der Waals surface area contributed by atoms with Crippen LogP contribution in [-0.4, -0.2) is 12.1 Å². The molecule has 0 saturated heterocycles. The van der Waals surface area contributed by atoms with Crippen LogP contribution in [0.1, 0.15) is 110 Å². The summed E-state index contributed by atoms with van der Waals surface area (Å²) in [6.45, 7) is 4.33. The third kappa shape index (κ3) is 9.48. The van der Waals surface area contributed by atoms with E-state index in [9.17, 15) is 4.79 Å². The molecule has 1 aliphatic rings. The fraction of sp³-hybridized carbons (Fsp3) is 0.950. The molecular weight excluding hydrogens is 272 g/mol. The van der Waals surface area contributed by atoms with Gasteiger partial charge in [0, 0.05) is 0 Å². The second-order valence-electron chi connectivity index (χ2n) is 7.20. The van der Waals surface area contributed by atoms with Gasteiger partial charge in [0.25, 0.3) is 0 Å². The molecule has 0 N–H and O–H groups in total. The van der Waals surface area contributed by atoms with E-state index in [1.807, 2.05) is 0 Å². The number of esters is 1. The van der Waals surface area contributed by atoms with Crippen LogP contribution in [-0.2, 0) is 9.53 Å². The lowest BCUT2D eigenvalue weighted by Gasteiger charge is -2.22. The first kappa shape index (κ1) is 19.5. The molecule has 1 fully saturated rings. The standard InChI is InChI=1S/C20H38O2/c1-3-4-5-6-7-8-9-10-12-15-18(2)22-20(21)19-16-13-11-14-17-19/h18-19H,3-17H2,1-2H3. The second-order valence-corrected chi connectivity index (χ2v) is 7.20. The van der Waals surface area contributed by atoms with Crippen LogP contribution in [0.3, 0.4) is 0 Å². The summed E-state index contributed by atoms with van der Waals surface area (Å²) in [5, 5.41) is 0. The van der Waals surface area contributed by atoms with Crippen LogP contribution in [0.25, 0.3) is 0 Å². The summed E-state index contributed by atoms with van der Waals surface area (Å²) < 4.78 is 5.62. The molecule has 0 aromatic heterocycles. The molecule has 1 rings (SSSR count). The average Bonchev–Trinajstić information content (AvgIpc) is 2.54. The Kier molecular flexibility index (Phi) is 11.5. The molecule has 0 radical (unpaired) electrons. The Bertz CT molecular complexity index is 269. The van der Waals surface area contributed by atoms with Gasteiger partial charge in [-0.1, -0.05) is 77.6 Å². The Labute approximate surface area is 138 Å². The number of carbonyl (C=O) groups is 1. The minimum atomic E-state index is 0.0723. The van der Waals surface area contributed by atoms with Crippen molar-refractivity contribution in [2.45, 2.75) is 116 Å². The number of hydrogen-bond donors (Lipinski definition) is 0. The monoisotopic (exact) mass is 310 g/mol. The summed E-state index contributed by atoms with van der Waals surface area (Å²) in [7, 11) is 0. The highest BCUT2D eigenvalue weighted by Gasteiger charge is 2.23. The van der Waals surface area contributed by atoms with Gasteiger partial charge < -0.3 is 4.74 Å². The topological polar surface area (TPSA) is 26.3 Å². The van der Waals surface area contributed by atoms with E-state index in [0.29, 0.717) is 0 Å². The summed E-state index contributed by atoms with van der Waals surface area (Å²) in [5.74, 6) is 0.266. The van der Waals surface area contributed by atoms with E-state index < -0.39 is 0 Å². The molecule has 2 nitrogen and oxygen atoms in total. The number of ether oxygens (including phenoxy) is 1. The number of rotatable bonds is 12. The van der Waals surface area contributed by atoms with Crippen LogP contribution in [0.5, 0.6) is 0 Å². The van der Waals surface area contributed by atoms with Crippen LogP contribution >= 0.6 is 0 Å². The minimum Gasteiger partial charge on any atom is -0.462 e. The minimum absolute atomic E-state index is 0.0723. The third-order valence-electron chi connectivity index (χ3n) is 4.97. The quantitative estimate of drug-likeness (QED) is 0.307. The van der Waals surface area contributed by atoms with Gasteiger partial charge in [-0.25, -0.2) is 0 Å². The van der Waals surface area contributed by atoms with Gasteiger partial charge in [0.1, 0.15) is 0 Å². The molecule has 1 saturated carbocycles. The highest BCUT2D eigenvalue weighted by atomic mass is 16.5. The van der Waals surface area contributed by atoms with Gasteiger partial charge in [-0.15, -0.1) is 0 Å². The maximum absolute atomic E-state index is 12.0. The zero-order chi connectivity index (χ0) is 16.0. The van der Waals surface area contributed by atoms with Crippen molar-refractivity contribution in [3.05, 3.63) is 0 Å². The van der Waals surface area contributed by atoms with E-state index >= 15 is 0 Å². The first-order valence-corrected chi connectivity index (χ1v) is 9.94. The zero-order valence-corrected chi connectivity index (χ0v) is 15.1. The van der Waals surface area contributed by atoms with Crippen molar-refractivity contribution in [1.29, 1.82) is 0 Å². The summed E-state index contributed by atoms with van der Waals surface area (Å²) in [6.07, 6.45) is 19.1. The summed E-state index contributed by atoms with van der Waals surface area (Å²) in [6, 6.07) is 0. The van der Waals surface area contributed by atoms with Crippen molar-refractivity contribution in [1.82, 2.24) is 0 Å². The smallest absolute Gasteiger partial charge is 0.309 e. The zero-order valence-electron chi connectivity index (χ0n) is 15.1. The maximum atomic E-state index is 12.0. The van der Waals surface area contributed by atoms with Gasteiger partial charge in [0.2, 0.25) is 0 Å². The van der Waals surface area contributed by atoms with Crippen molar-refractivity contribution in [3.8, 4) is 0 Å². The van der Waals surface area contributed by atoms with Crippen LogP contribution in [0.2, 0.25) is 0 Å². The van der Waals surface area contributed by atoms with Crippen molar-refractivity contribution in [2.24, 2.45) is 5.92 Å². The first-order chi connectivity index (χ1) is 10.7.